The Kier molecular flexibility index (Phi) is 23.8. The van der Waals surface area contributed by atoms with E-state index in [2.05, 4.69) is 51.2 Å². The Labute approximate surface area is 629 Å². The molecule has 588 valence electrons. The smallest absolute Gasteiger partial charge is 0.303 e. The Balaban J connectivity index is 0.000000123. The molecule has 0 amide bonds. The summed E-state index contributed by atoms with van der Waals surface area (Å²) in [5.74, 6) is 8.08. The summed E-state index contributed by atoms with van der Waals surface area (Å²) in [6, 6.07) is 0. The third-order valence-electron chi connectivity index (χ3n) is 31.6. The van der Waals surface area contributed by atoms with Gasteiger partial charge in [0.2, 0.25) is 11.1 Å². The Morgan fingerprint density at radius 2 is 0.581 bits per heavy atom. The molecule has 22 rings (SSSR count). The highest BCUT2D eigenvalue weighted by Gasteiger charge is 2.69. The van der Waals surface area contributed by atoms with E-state index in [0.717, 1.165) is 192 Å². The molecule has 22 aliphatic rings. The van der Waals surface area contributed by atoms with Crippen LogP contribution in [0.25, 0.3) is 9.69 Å². The molecular weight excluding hydrogens is 1330 g/mol. The zero-order valence-corrected chi connectivity index (χ0v) is 66.9. The van der Waals surface area contributed by atoms with Crippen molar-refractivity contribution in [3.8, 4) is 0 Å². The minimum Gasteiger partial charge on any atom is -0.460 e. The number of carbonyl (C=O) groups is 7. The molecule has 22 aliphatic carbocycles. The molecule has 0 radical (unpaired) electrons. The SMILES string of the molecule is CC(=O)OC1(C)C2CC3CC1CC(O)(C3)C2.CC(=O)OC1(C)CCCC1.CCC1(OC(C)=O)C2CC3CC(C2)CC1C3.CCC1(OC(C)=O)C2CC3CC1CC(O)(C3)C2.CCC1(OC(C)=O)CCCC1.[C-]#[N+]C12CC3CC(C1)C(C)(OC(C)=O)C(C3)C2.[C-]#[N+]C12CC3CC(C1)C(CC)(OC(C)=O)C(C3)C2. The summed E-state index contributed by atoms with van der Waals surface area (Å²) < 4.78 is 39.1. The second-order valence-electron chi connectivity index (χ2n) is 38.6. The molecule has 0 aromatic heterocycles. The van der Waals surface area contributed by atoms with Gasteiger partial charge in [-0.3, -0.25) is 33.6 Å². The molecule has 0 aromatic carbocycles. The van der Waals surface area contributed by atoms with Gasteiger partial charge in [0.25, 0.3) is 0 Å². The zero-order chi connectivity index (χ0) is 76.3. The number of hydrogen-bond donors (Lipinski definition) is 2. The highest BCUT2D eigenvalue weighted by Crippen LogP contribution is 2.67. The molecule has 22 fully saturated rings. The summed E-state index contributed by atoms with van der Waals surface area (Å²) in [5.41, 5.74) is -2.56. The van der Waals surface area contributed by atoms with Crippen molar-refractivity contribution in [1.29, 1.82) is 0 Å². The van der Waals surface area contributed by atoms with Gasteiger partial charge in [-0.25, -0.2) is 13.1 Å². The lowest BCUT2D eigenvalue weighted by molar-refractivity contribution is -0.241. The molecule has 18 nitrogen and oxygen atoms in total. The molecule has 22 saturated carbocycles. The first-order valence-electron chi connectivity index (χ1n) is 41.9. The maximum Gasteiger partial charge on any atom is 0.303 e. The van der Waals surface area contributed by atoms with E-state index < -0.39 is 11.2 Å². The van der Waals surface area contributed by atoms with Crippen LogP contribution in [0.15, 0.2) is 0 Å². The van der Waals surface area contributed by atoms with Crippen molar-refractivity contribution in [2.75, 3.05) is 0 Å². The largest absolute Gasteiger partial charge is 0.460 e. The van der Waals surface area contributed by atoms with Crippen molar-refractivity contribution < 1.29 is 76.9 Å². The summed E-state index contributed by atoms with van der Waals surface area (Å²) in [5, 5.41) is 21.0. The number of rotatable bonds is 11. The number of esters is 7. The lowest BCUT2D eigenvalue weighted by atomic mass is 9.47. The van der Waals surface area contributed by atoms with E-state index in [1.807, 2.05) is 6.92 Å². The standard InChI is InChI=1S/C15H21NO2.C14H19NO2.C14H22O3.C14H22O2.C13H20O3.C9H16O2.C8H14O2/c1-4-15(18-10(2)17)12-5-11-6-13(15)9-14(7-11,8-12)16-3;1-9(16)17-13(2)11-4-10-5-12(13)8-14(6-10,7-11)15-3;1-3-14(17-9(2)15)11-4-10-5-12(14)8-13(16,6-10)7-11;1-3-14(16-9(2)15)12-5-10-4-11(7-12)8-13(14)6-10;1-8(14)16-12(2)10-3-9-4-11(12)7-13(15,5-9)6-10;1-3-9(11-8(2)10)6-4-5-7-9;1-7(9)10-8(2)5-3-4-6-8/h11-13H,4-9H2,1-2H3;10-12H,4-8H2,1-2H3;10-12,16H,3-8H2,1-2H3;10-13H,3-8H2,1-2H3;9-11,15H,3-7H2,1-2H3;3-7H2,1-2H3;3-6H2,1-2H3. The van der Waals surface area contributed by atoms with Crippen LogP contribution >= 0.6 is 0 Å². The highest BCUT2D eigenvalue weighted by molar-refractivity contribution is 5.69. The van der Waals surface area contributed by atoms with Crippen LogP contribution in [0.2, 0.25) is 0 Å². The molecule has 18 heteroatoms. The lowest BCUT2D eigenvalue weighted by Gasteiger charge is -2.62. The van der Waals surface area contributed by atoms with Gasteiger partial charge in [0, 0.05) is 134 Å². The maximum absolute atomic E-state index is 11.5. The number of ether oxygens (including phenoxy) is 7. The van der Waals surface area contributed by atoms with Crippen LogP contribution < -0.4 is 0 Å². The van der Waals surface area contributed by atoms with Crippen LogP contribution in [-0.2, 0) is 66.7 Å². The average Bonchev–Trinajstić information content (AvgIpc) is 1.48. The van der Waals surface area contributed by atoms with Crippen LogP contribution in [0, 0.1) is 108 Å². The van der Waals surface area contributed by atoms with Crippen LogP contribution in [-0.4, -0.2) is 113 Å². The van der Waals surface area contributed by atoms with Crippen molar-refractivity contribution in [3.05, 3.63) is 22.8 Å². The van der Waals surface area contributed by atoms with Crippen molar-refractivity contribution >= 4 is 41.8 Å². The van der Waals surface area contributed by atoms with E-state index in [-0.39, 0.29) is 92.1 Å². The normalized spacial score (nSPS) is 45.2. The number of aliphatic hydroxyl groups is 2. The molecule has 0 heterocycles. The Hall–Kier alpha value is -4.81. The Morgan fingerprint density at radius 1 is 0.314 bits per heavy atom. The van der Waals surface area contributed by atoms with E-state index >= 15 is 0 Å². The number of carbonyl (C=O) groups excluding carboxylic acids is 7. The third kappa shape index (κ3) is 16.5. The molecule has 0 spiro atoms. The van der Waals surface area contributed by atoms with Gasteiger partial charge in [0.15, 0.2) is 0 Å². The van der Waals surface area contributed by atoms with Gasteiger partial charge in [0.05, 0.1) is 11.2 Å². The molecule has 2 N–H and O–H groups in total. The summed E-state index contributed by atoms with van der Waals surface area (Å²) in [6.45, 7) is 40.3. The summed E-state index contributed by atoms with van der Waals surface area (Å²) in [4.78, 5) is 86.0. The van der Waals surface area contributed by atoms with E-state index in [0.29, 0.717) is 82.9 Å². The van der Waals surface area contributed by atoms with Crippen molar-refractivity contribution in [2.24, 2.45) is 94.7 Å². The van der Waals surface area contributed by atoms with Gasteiger partial charge in [-0.2, -0.15) is 0 Å². The maximum atomic E-state index is 11.5. The fourth-order valence-corrected chi connectivity index (χ4v) is 28.2. The van der Waals surface area contributed by atoms with E-state index in [1.54, 1.807) is 6.92 Å². The van der Waals surface area contributed by atoms with Crippen LogP contribution in [0.3, 0.4) is 0 Å². The van der Waals surface area contributed by atoms with Gasteiger partial charge in [0.1, 0.15) is 39.2 Å². The van der Waals surface area contributed by atoms with Gasteiger partial charge in [-0.1, -0.05) is 27.7 Å². The van der Waals surface area contributed by atoms with Crippen LogP contribution in [0.5, 0.6) is 0 Å². The first-order chi connectivity index (χ1) is 49.3. The molecule has 8 unspecified atom stereocenters. The first kappa shape index (κ1) is 81.2. The van der Waals surface area contributed by atoms with E-state index in [4.69, 9.17) is 46.3 Å². The van der Waals surface area contributed by atoms with E-state index in [1.165, 1.54) is 99.3 Å². The number of hydrogen-bond acceptors (Lipinski definition) is 16. The van der Waals surface area contributed by atoms with Crippen molar-refractivity contribution in [1.82, 2.24) is 0 Å². The molecule has 0 saturated heterocycles. The molecule has 0 aromatic rings. The lowest BCUT2D eigenvalue weighted by Crippen LogP contribution is -2.64. The topological polar surface area (TPSA) is 233 Å². The molecule has 105 heavy (non-hydrogen) atoms. The summed E-state index contributed by atoms with van der Waals surface area (Å²) >= 11 is 0. The highest BCUT2D eigenvalue weighted by atomic mass is 16.6. The van der Waals surface area contributed by atoms with Gasteiger partial charge in [-0.05, 0) is 267 Å². The van der Waals surface area contributed by atoms with Crippen molar-refractivity contribution in [3.63, 3.8) is 0 Å². The first-order valence-corrected chi connectivity index (χ1v) is 41.9. The fourth-order valence-electron chi connectivity index (χ4n) is 28.2. The quantitative estimate of drug-likeness (QED) is 0.111. The summed E-state index contributed by atoms with van der Waals surface area (Å²) in [6.07, 6.45) is 39.8. The van der Waals surface area contributed by atoms with Crippen LogP contribution in [0.4, 0.5) is 0 Å². The van der Waals surface area contributed by atoms with E-state index in [9.17, 15) is 43.8 Å². The molecule has 20 bridgehead atoms. The Bertz CT molecular complexity index is 3180. The van der Waals surface area contributed by atoms with Gasteiger partial charge in [-0.15, -0.1) is 0 Å². The van der Waals surface area contributed by atoms with Crippen molar-refractivity contribution in [2.45, 2.75) is 396 Å². The third-order valence-corrected chi connectivity index (χ3v) is 31.6. The Morgan fingerprint density at radius 3 is 0.886 bits per heavy atom. The summed E-state index contributed by atoms with van der Waals surface area (Å²) in [7, 11) is 0. The second-order valence-corrected chi connectivity index (χ2v) is 38.6. The van der Waals surface area contributed by atoms with Gasteiger partial charge >= 0.3 is 41.8 Å². The monoisotopic (exact) mass is 1460 g/mol. The minimum atomic E-state index is -0.449. The minimum absolute atomic E-state index is 0.0747. The second kappa shape index (κ2) is 30.8. The average molecular weight is 1460 g/mol. The zero-order valence-electron chi connectivity index (χ0n) is 66.9. The predicted molar refractivity (Wildman–Crippen MR) is 396 cm³/mol. The molecule has 8 atom stereocenters. The predicted octanol–water partition coefficient (Wildman–Crippen LogP) is 17.5. The van der Waals surface area contributed by atoms with Gasteiger partial charge < -0.3 is 53.1 Å². The molecule has 0 aliphatic heterocycles. The molecular formula is C87H134N2O16. The number of nitrogens with zero attached hydrogens (tertiary/aromatic N) is 2. The van der Waals surface area contributed by atoms with Crippen LogP contribution in [0.1, 0.15) is 335 Å². The fraction of sp³-hybridized carbons (Fsp3) is 0.897.